The number of carbonyl (C=O) groups is 1. The molecular formula is C10H18O. The van der Waals surface area contributed by atoms with Crippen LogP contribution in [0.25, 0.3) is 0 Å². The summed E-state index contributed by atoms with van der Waals surface area (Å²) in [7, 11) is 0. The minimum absolute atomic E-state index is 0.477. The summed E-state index contributed by atoms with van der Waals surface area (Å²) in [4.78, 5) is 11.3. The number of hydrogen-bond donors (Lipinski definition) is 0. The van der Waals surface area contributed by atoms with Gasteiger partial charge in [-0.05, 0) is 11.8 Å². The van der Waals surface area contributed by atoms with Crippen molar-refractivity contribution in [2.75, 3.05) is 0 Å². The number of Topliss-reactive ketones (excluding diaryl/α,β-unsaturated/α-hetero) is 1. The first-order valence-corrected chi connectivity index (χ1v) is 4.70. The highest BCUT2D eigenvalue weighted by Gasteiger charge is 2.20. The van der Waals surface area contributed by atoms with E-state index in [1.807, 2.05) is 0 Å². The molecule has 0 N–H and O–H groups in total. The lowest BCUT2D eigenvalue weighted by Crippen LogP contribution is -2.16. The minimum atomic E-state index is 0.477. The van der Waals surface area contributed by atoms with Gasteiger partial charge in [-0.25, -0.2) is 0 Å². The molecule has 0 aliphatic heterocycles. The van der Waals surface area contributed by atoms with E-state index >= 15 is 0 Å². The van der Waals surface area contributed by atoms with Crippen molar-refractivity contribution in [1.82, 2.24) is 0 Å². The van der Waals surface area contributed by atoms with E-state index in [9.17, 15) is 4.79 Å². The van der Waals surface area contributed by atoms with Gasteiger partial charge < -0.3 is 0 Å². The summed E-state index contributed by atoms with van der Waals surface area (Å²) in [5.74, 6) is 1.77. The van der Waals surface area contributed by atoms with Crippen molar-refractivity contribution in [3.63, 3.8) is 0 Å². The molecule has 0 aromatic carbocycles. The standard InChI is InChI=1S/C10H18O/c1-8(2)6-10(11)7-9-4-3-5-9/h8-9H,3-7H2,1-2H3. The van der Waals surface area contributed by atoms with Gasteiger partial charge in [0.2, 0.25) is 0 Å². The Morgan fingerprint density at radius 2 is 2.09 bits per heavy atom. The maximum Gasteiger partial charge on any atom is 0.133 e. The highest BCUT2D eigenvalue weighted by atomic mass is 16.1. The summed E-state index contributed by atoms with van der Waals surface area (Å²) in [6.45, 7) is 4.22. The Labute approximate surface area is 69.2 Å². The molecular weight excluding hydrogens is 136 g/mol. The monoisotopic (exact) mass is 154 g/mol. The molecule has 0 aromatic rings. The van der Waals surface area contributed by atoms with E-state index in [0.717, 1.165) is 18.8 Å². The van der Waals surface area contributed by atoms with Crippen LogP contribution in [-0.2, 0) is 4.79 Å². The number of ketones is 1. The highest BCUT2D eigenvalue weighted by molar-refractivity contribution is 5.78. The Morgan fingerprint density at radius 3 is 2.45 bits per heavy atom. The quantitative estimate of drug-likeness (QED) is 0.608. The topological polar surface area (TPSA) is 17.1 Å². The number of rotatable bonds is 4. The third-order valence-corrected chi connectivity index (χ3v) is 2.38. The molecule has 64 valence electrons. The molecule has 0 unspecified atom stereocenters. The Bertz CT molecular complexity index is 134. The average Bonchev–Trinajstić information content (AvgIpc) is 1.77. The fourth-order valence-corrected chi connectivity index (χ4v) is 1.56. The second kappa shape index (κ2) is 3.89. The summed E-state index contributed by atoms with van der Waals surface area (Å²) in [5, 5.41) is 0. The molecule has 0 saturated heterocycles. The zero-order chi connectivity index (χ0) is 8.27. The van der Waals surface area contributed by atoms with Gasteiger partial charge in [-0.1, -0.05) is 33.1 Å². The summed E-state index contributed by atoms with van der Waals surface area (Å²) < 4.78 is 0. The van der Waals surface area contributed by atoms with Crippen LogP contribution in [0.1, 0.15) is 46.0 Å². The maximum atomic E-state index is 11.3. The predicted octanol–water partition coefficient (Wildman–Crippen LogP) is 2.79. The van der Waals surface area contributed by atoms with E-state index in [1.165, 1.54) is 19.3 Å². The van der Waals surface area contributed by atoms with E-state index in [-0.39, 0.29) is 0 Å². The minimum Gasteiger partial charge on any atom is -0.300 e. The van der Waals surface area contributed by atoms with Crippen LogP contribution in [0.15, 0.2) is 0 Å². The molecule has 11 heavy (non-hydrogen) atoms. The van der Waals surface area contributed by atoms with Crippen LogP contribution in [0.5, 0.6) is 0 Å². The van der Waals surface area contributed by atoms with E-state index in [1.54, 1.807) is 0 Å². The van der Waals surface area contributed by atoms with Crippen molar-refractivity contribution in [3.05, 3.63) is 0 Å². The molecule has 0 bridgehead atoms. The molecule has 1 nitrogen and oxygen atoms in total. The van der Waals surface area contributed by atoms with Gasteiger partial charge in [-0.15, -0.1) is 0 Å². The molecule has 1 saturated carbocycles. The molecule has 1 rings (SSSR count). The number of carbonyl (C=O) groups excluding carboxylic acids is 1. The van der Waals surface area contributed by atoms with Gasteiger partial charge in [0.05, 0.1) is 0 Å². The summed E-state index contributed by atoms with van der Waals surface area (Å²) in [5.41, 5.74) is 0. The molecule has 0 radical (unpaired) electrons. The smallest absolute Gasteiger partial charge is 0.133 e. The normalized spacial score (nSPS) is 18.5. The van der Waals surface area contributed by atoms with Gasteiger partial charge in [-0.3, -0.25) is 4.79 Å². The van der Waals surface area contributed by atoms with Crippen molar-refractivity contribution in [2.24, 2.45) is 11.8 Å². The second-order valence-corrected chi connectivity index (χ2v) is 4.14. The van der Waals surface area contributed by atoms with Crippen molar-refractivity contribution < 1.29 is 4.79 Å². The first kappa shape index (κ1) is 8.76. The van der Waals surface area contributed by atoms with Crippen LogP contribution in [0.2, 0.25) is 0 Å². The SMILES string of the molecule is CC(C)CC(=O)CC1CCC1. The lowest BCUT2D eigenvalue weighted by Gasteiger charge is -2.24. The van der Waals surface area contributed by atoms with Gasteiger partial charge in [0.25, 0.3) is 0 Å². The lowest BCUT2D eigenvalue weighted by atomic mass is 9.81. The largest absolute Gasteiger partial charge is 0.300 e. The van der Waals surface area contributed by atoms with Crippen molar-refractivity contribution in [1.29, 1.82) is 0 Å². The Kier molecular flexibility index (Phi) is 3.10. The van der Waals surface area contributed by atoms with Crippen LogP contribution in [0.4, 0.5) is 0 Å². The Balaban J connectivity index is 2.09. The van der Waals surface area contributed by atoms with Gasteiger partial charge >= 0.3 is 0 Å². The highest BCUT2D eigenvalue weighted by Crippen LogP contribution is 2.30. The summed E-state index contributed by atoms with van der Waals surface area (Å²) in [6, 6.07) is 0. The van der Waals surface area contributed by atoms with Gasteiger partial charge in [0.1, 0.15) is 5.78 Å². The maximum absolute atomic E-state index is 11.3. The van der Waals surface area contributed by atoms with Gasteiger partial charge in [-0.2, -0.15) is 0 Å². The predicted molar refractivity (Wildman–Crippen MR) is 46.4 cm³/mol. The van der Waals surface area contributed by atoms with Crippen molar-refractivity contribution in [2.45, 2.75) is 46.0 Å². The fourth-order valence-electron chi connectivity index (χ4n) is 1.56. The fraction of sp³-hybridized carbons (Fsp3) is 0.900. The molecule has 0 aromatic heterocycles. The van der Waals surface area contributed by atoms with Crippen LogP contribution >= 0.6 is 0 Å². The molecule has 1 heteroatoms. The van der Waals surface area contributed by atoms with Gasteiger partial charge in [0, 0.05) is 12.8 Å². The van der Waals surface area contributed by atoms with Gasteiger partial charge in [0.15, 0.2) is 0 Å². The molecule has 0 amide bonds. The zero-order valence-corrected chi connectivity index (χ0v) is 7.60. The molecule has 0 atom stereocenters. The lowest BCUT2D eigenvalue weighted by molar-refractivity contribution is -0.121. The summed E-state index contributed by atoms with van der Waals surface area (Å²) in [6.07, 6.45) is 5.59. The third-order valence-electron chi connectivity index (χ3n) is 2.38. The summed E-state index contributed by atoms with van der Waals surface area (Å²) >= 11 is 0. The van der Waals surface area contributed by atoms with E-state index in [2.05, 4.69) is 13.8 Å². The molecule has 0 heterocycles. The zero-order valence-electron chi connectivity index (χ0n) is 7.60. The first-order valence-electron chi connectivity index (χ1n) is 4.70. The molecule has 1 fully saturated rings. The van der Waals surface area contributed by atoms with E-state index in [4.69, 9.17) is 0 Å². The van der Waals surface area contributed by atoms with E-state index in [0.29, 0.717) is 11.7 Å². The molecule has 0 spiro atoms. The van der Waals surface area contributed by atoms with Crippen LogP contribution in [0, 0.1) is 11.8 Å². The van der Waals surface area contributed by atoms with Crippen LogP contribution < -0.4 is 0 Å². The first-order chi connectivity index (χ1) is 5.18. The van der Waals surface area contributed by atoms with Crippen LogP contribution in [-0.4, -0.2) is 5.78 Å². The molecule has 1 aliphatic rings. The van der Waals surface area contributed by atoms with Crippen LogP contribution in [0.3, 0.4) is 0 Å². The van der Waals surface area contributed by atoms with Crippen molar-refractivity contribution in [3.8, 4) is 0 Å². The molecule has 1 aliphatic carbocycles. The third kappa shape index (κ3) is 3.04. The van der Waals surface area contributed by atoms with Crippen molar-refractivity contribution >= 4 is 5.78 Å². The Hall–Kier alpha value is -0.330. The van der Waals surface area contributed by atoms with E-state index < -0.39 is 0 Å². The number of hydrogen-bond acceptors (Lipinski definition) is 1. The second-order valence-electron chi connectivity index (χ2n) is 4.14. The average molecular weight is 154 g/mol. The Morgan fingerprint density at radius 1 is 1.45 bits per heavy atom.